The second kappa shape index (κ2) is 5.57. The maximum atomic E-state index is 11.9. The van der Waals surface area contributed by atoms with Gasteiger partial charge in [-0.2, -0.15) is 5.26 Å². The van der Waals surface area contributed by atoms with E-state index in [1.165, 1.54) is 0 Å². The Labute approximate surface area is 109 Å². The van der Waals surface area contributed by atoms with Crippen molar-refractivity contribution in [2.75, 3.05) is 19.7 Å². The van der Waals surface area contributed by atoms with Gasteiger partial charge in [-0.25, -0.2) is 4.79 Å². The average Bonchev–Trinajstić information content (AvgIpc) is 2.28. The average molecular weight is 254 g/mol. The number of likely N-dealkylation sites (tertiary alicyclic amines) is 1. The monoisotopic (exact) mass is 254 g/mol. The van der Waals surface area contributed by atoms with E-state index in [9.17, 15) is 10.1 Å². The number of nitriles is 1. The first-order chi connectivity index (χ1) is 8.32. The molecule has 1 rings (SSSR count). The largest absolute Gasteiger partial charge is 0.444 e. The first kappa shape index (κ1) is 14.8. The van der Waals surface area contributed by atoms with E-state index in [0.29, 0.717) is 32.5 Å². The molecule has 0 atom stereocenters. The third-order valence-electron chi connectivity index (χ3n) is 2.85. The highest BCUT2D eigenvalue weighted by molar-refractivity contribution is 5.68. The third kappa shape index (κ3) is 3.88. The topological polar surface area (TPSA) is 62.6 Å². The van der Waals surface area contributed by atoms with E-state index in [2.05, 4.69) is 6.07 Å². The highest BCUT2D eigenvalue weighted by Gasteiger charge is 2.37. The fourth-order valence-corrected chi connectivity index (χ4v) is 1.94. The summed E-state index contributed by atoms with van der Waals surface area (Å²) in [5.74, 6) is 0. The minimum Gasteiger partial charge on any atom is -0.444 e. The molecule has 0 N–H and O–H groups in total. The first-order valence-corrected chi connectivity index (χ1v) is 6.35. The number of rotatable bonds is 2. The van der Waals surface area contributed by atoms with Crippen LogP contribution in [0.3, 0.4) is 0 Å². The Morgan fingerprint density at radius 3 is 2.33 bits per heavy atom. The number of carbonyl (C=O) groups is 1. The molecule has 0 saturated carbocycles. The lowest BCUT2D eigenvalue weighted by Gasteiger charge is -2.37. The predicted molar refractivity (Wildman–Crippen MR) is 67.0 cm³/mol. The molecule has 0 aromatic rings. The molecule has 0 aromatic heterocycles. The van der Waals surface area contributed by atoms with Crippen molar-refractivity contribution in [2.24, 2.45) is 0 Å². The predicted octanol–water partition coefficient (Wildman–Crippen LogP) is 2.32. The molecule has 0 aromatic carbocycles. The summed E-state index contributed by atoms with van der Waals surface area (Å²) < 4.78 is 10.8. The van der Waals surface area contributed by atoms with Crippen molar-refractivity contribution in [3.8, 4) is 6.07 Å². The molecule has 0 spiro atoms. The molecule has 0 aliphatic carbocycles. The molecule has 1 fully saturated rings. The Morgan fingerprint density at radius 2 is 1.94 bits per heavy atom. The van der Waals surface area contributed by atoms with E-state index < -0.39 is 11.2 Å². The highest BCUT2D eigenvalue weighted by atomic mass is 16.6. The maximum absolute atomic E-state index is 11.9. The van der Waals surface area contributed by atoms with Crippen molar-refractivity contribution in [1.82, 2.24) is 4.90 Å². The first-order valence-electron chi connectivity index (χ1n) is 6.35. The number of hydrogen-bond acceptors (Lipinski definition) is 4. The number of carbonyl (C=O) groups excluding carboxylic acids is 1. The lowest BCUT2D eigenvalue weighted by molar-refractivity contribution is -0.0441. The van der Waals surface area contributed by atoms with E-state index in [-0.39, 0.29) is 6.09 Å². The van der Waals surface area contributed by atoms with Crippen molar-refractivity contribution in [3.05, 3.63) is 0 Å². The van der Waals surface area contributed by atoms with Crippen LogP contribution >= 0.6 is 0 Å². The second-order valence-corrected chi connectivity index (χ2v) is 5.51. The summed E-state index contributed by atoms with van der Waals surface area (Å²) in [6.45, 7) is 8.92. The minimum atomic E-state index is -0.729. The summed E-state index contributed by atoms with van der Waals surface area (Å²) in [5.41, 5.74) is -1.21. The standard InChI is InChI=1S/C13H22N2O3/c1-5-17-13(10-14)6-8-15(9-7-13)11(16)18-12(2,3)4/h5-9H2,1-4H3. The number of piperidine rings is 1. The molecule has 1 saturated heterocycles. The van der Waals surface area contributed by atoms with Crippen LogP contribution in [0.2, 0.25) is 0 Å². The van der Waals surface area contributed by atoms with Gasteiger partial charge in [0, 0.05) is 32.5 Å². The summed E-state index contributed by atoms with van der Waals surface area (Å²) in [6, 6.07) is 2.23. The molecule has 1 amide bonds. The smallest absolute Gasteiger partial charge is 0.410 e. The van der Waals surface area contributed by atoms with Crippen molar-refractivity contribution < 1.29 is 14.3 Å². The van der Waals surface area contributed by atoms with Gasteiger partial charge in [0.25, 0.3) is 0 Å². The Bertz CT molecular complexity index is 333. The highest BCUT2D eigenvalue weighted by Crippen LogP contribution is 2.26. The Morgan fingerprint density at radius 1 is 1.39 bits per heavy atom. The van der Waals surface area contributed by atoms with Crippen molar-refractivity contribution in [2.45, 2.75) is 51.7 Å². The van der Waals surface area contributed by atoms with Gasteiger partial charge >= 0.3 is 6.09 Å². The van der Waals surface area contributed by atoms with Crippen LogP contribution in [0.5, 0.6) is 0 Å². The molecular formula is C13H22N2O3. The van der Waals surface area contributed by atoms with E-state index in [1.807, 2.05) is 27.7 Å². The molecule has 102 valence electrons. The molecule has 5 nitrogen and oxygen atoms in total. The SMILES string of the molecule is CCOC1(C#N)CCN(C(=O)OC(C)(C)C)CC1. The van der Waals surface area contributed by atoms with Gasteiger partial charge in [-0.05, 0) is 27.7 Å². The van der Waals surface area contributed by atoms with Crippen molar-refractivity contribution in [3.63, 3.8) is 0 Å². The Kier molecular flexibility index (Phi) is 4.58. The molecule has 1 aliphatic heterocycles. The van der Waals surface area contributed by atoms with Crippen LogP contribution in [0.25, 0.3) is 0 Å². The zero-order valence-electron chi connectivity index (χ0n) is 11.7. The lowest BCUT2D eigenvalue weighted by atomic mass is 9.93. The van der Waals surface area contributed by atoms with Gasteiger partial charge in [0.05, 0.1) is 6.07 Å². The van der Waals surface area contributed by atoms with Gasteiger partial charge in [-0.1, -0.05) is 0 Å². The minimum absolute atomic E-state index is 0.314. The number of nitrogens with zero attached hydrogens (tertiary/aromatic N) is 2. The van der Waals surface area contributed by atoms with E-state index in [4.69, 9.17) is 9.47 Å². The third-order valence-corrected chi connectivity index (χ3v) is 2.85. The zero-order chi connectivity index (χ0) is 13.8. The van der Waals surface area contributed by atoms with Crippen LogP contribution < -0.4 is 0 Å². The van der Waals surface area contributed by atoms with Crippen molar-refractivity contribution >= 4 is 6.09 Å². The fraction of sp³-hybridized carbons (Fsp3) is 0.846. The van der Waals surface area contributed by atoms with Crippen LogP contribution in [0.1, 0.15) is 40.5 Å². The van der Waals surface area contributed by atoms with E-state index in [0.717, 1.165) is 0 Å². The number of hydrogen-bond donors (Lipinski definition) is 0. The fourth-order valence-electron chi connectivity index (χ4n) is 1.94. The van der Waals surface area contributed by atoms with Gasteiger partial charge < -0.3 is 14.4 Å². The van der Waals surface area contributed by atoms with Crippen LogP contribution in [0.4, 0.5) is 4.79 Å². The zero-order valence-corrected chi connectivity index (χ0v) is 11.7. The van der Waals surface area contributed by atoms with Crippen LogP contribution in [-0.4, -0.2) is 41.9 Å². The molecule has 5 heteroatoms. The number of amides is 1. The summed E-state index contributed by atoms with van der Waals surface area (Å²) in [4.78, 5) is 13.5. The number of ether oxygens (including phenoxy) is 2. The van der Waals surface area contributed by atoms with Gasteiger partial charge in [-0.3, -0.25) is 0 Å². The molecule has 1 aliphatic rings. The normalized spacial score (nSPS) is 19.2. The maximum Gasteiger partial charge on any atom is 0.410 e. The molecule has 0 bridgehead atoms. The lowest BCUT2D eigenvalue weighted by Crippen LogP contribution is -2.48. The summed E-state index contributed by atoms with van der Waals surface area (Å²) in [7, 11) is 0. The quantitative estimate of drug-likeness (QED) is 0.758. The van der Waals surface area contributed by atoms with E-state index in [1.54, 1.807) is 4.90 Å². The Balaban J connectivity index is 2.54. The van der Waals surface area contributed by atoms with Gasteiger partial charge in [0.1, 0.15) is 5.60 Å². The van der Waals surface area contributed by atoms with Crippen LogP contribution in [0, 0.1) is 11.3 Å². The van der Waals surface area contributed by atoms with Crippen molar-refractivity contribution in [1.29, 1.82) is 5.26 Å². The molecular weight excluding hydrogens is 232 g/mol. The molecule has 0 unspecified atom stereocenters. The Hall–Kier alpha value is -1.28. The molecule has 0 radical (unpaired) electrons. The van der Waals surface area contributed by atoms with Gasteiger partial charge in [-0.15, -0.1) is 0 Å². The van der Waals surface area contributed by atoms with Gasteiger partial charge in [0.2, 0.25) is 0 Å². The van der Waals surface area contributed by atoms with Gasteiger partial charge in [0.15, 0.2) is 5.60 Å². The summed E-state index contributed by atoms with van der Waals surface area (Å²) in [5, 5.41) is 9.17. The van der Waals surface area contributed by atoms with E-state index >= 15 is 0 Å². The summed E-state index contributed by atoms with van der Waals surface area (Å²) in [6.07, 6.45) is 0.762. The second-order valence-electron chi connectivity index (χ2n) is 5.51. The van der Waals surface area contributed by atoms with Crippen LogP contribution in [-0.2, 0) is 9.47 Å². The van der Waals surface area contributed by atoms with Crippen LogP contribution in [0.15, 0.2) is 0 Å². The molecule has 18 heavy (non-hydrogen) atoms. The molecule has 1 heterocycles. The summed E-state index contributed by atoms with van der Waals surface area (Å²) >= 11 is 0.